The van der Waals surface area contributed by atoms with Crippen LogP contribution in [0.25, 0.3) is 11.0 Å². The summed E-state index contributed by atoms with van der Waals surface area (Å²) in [6, 6.07) is 8.81. The number of imidazole rings is 1. The van der Waals surface area contributed by atoms with Crippen molar-refractivity contribution in [3.8, 4) is 0 Å². The molecule has 0 saturated heterocycles. The van der Waals surface area contributed by atoms with E-state index in [-0.39, 0.29) is 16.9 Å². The fraction of sp³-hybridized carbons (Fsp3) is 0.455. The summed E-state index contributed by atoms with van der Waals surface area (Å²) in [5, 5.41) is 0. The number of fused-ring (bicyclic) bond motifs is 1. The molecule has 2 unspecified atom stereocenters. The van der Waals surface area contributed by atoms with Gasteiger partial charge in [0.2, 0.25) is 10.0 Å². The van der Waals surface area contributed by atoms with Gasteiger partial charge in [-0.25, -0.2) is 13.4 Å². The zero-order chi connectivity index (χ0) is 21.9. The van der Waals surface area contributed by atoms with Gasteiger partial charge in [-0.15, -0.1) is 0 Å². The average Bonchev–Trinajstić information content (AvgIpc) is 3.06. The zero-order valence-corrected chi connectivity index (χ0v) is 19.1. The van der Waals surface area contributed by atoms with Gasteiger partial charge in [-0.2, -0.15) is 4.31 Å². The molecule has 0 spiro atoms. The van der Waals surface area contributed by atoms with Crippen molar-refractivity contribution in [1.29, 1.82) is 0 Å². The number of nitrogens with zero attached hydrogens (tertiary/aromatic N) is 4. The van der Waals surface area contributed by atoms with Gasteiger partial charge in [0, 0.05) is 26.9 Å². The number of rotatable bonds is 9. The van der Waals surface area contributed by atoms with E-state index < -0.39 is 10.0 Å². The first kappa shape index (κ1) is 22.4. The van der Waals surface area contributed by atoms with E-state index in [4.69, 9.17) is 4.74 Å². The number of hydrogen-bond acceptors (Lipinski definition) is 5. The summed E-state index contributed by atoms with van der Waals surface area (Å²) in [4.78, 5) is 8.94. The van der Waals surface area contributed by atoms with Crippen LogP contribution in [0.3, 0.4) is 0 Å². The van der Waals surface area contributed by atoms with E-state index in [0.717, 1.165) is 28.8 Å². The highest BCUT2D eigenvalue weighted by molar-refractivity contribution is 7.89. The largest absolute Gasteiger partial charge is 0.383 e. The molecule has 3 rings (SSSR count). The van der Waals surface area contributed by atoms with Crippen LogP contribution in [-0.2, 0) is 21.3 Å². The predicted octanol–water partition coefficient (Wildman–Crippen LogP) is 3.47. The van der Waals surface area contributed by atoms with E-state index in [9.17, 15) is 8.42 Å². The predicted molar refractivity (Wildman–Crippen MR) is 118 cm³/mol. The summed E-state index contributed by atoms with van der Waals surface area (Å²) < 4.78 is 35.2. The fourth-order valence-electron chi connectivity index (χ4n) is 3.67. The Balaban J connectivity index is 1.84. The highest BCUT2D eigenvalue weighted by Crippen LogP contribution is 2.23. The fourth-order valence-corrected chi connectivity index (χ4v) is 5.10. The smallest absolute Gasteiger partial charge is 0.243 e. The first-order valence-electron chi connectivity index (χ1n) is 10.1. The Morgan fingerprint density at radius 1 is 1.20 bits per heavy atom. The molecular weight excluding hydrogens is 400 g/mol. The average molecular weight is 431 g/mol. The Kier molecular flexibility index (Phi) is 6.90. The number of likely N-dealkylation sites (N-methyl/N-ethyl adjacent to an activating group) is 1. The van der Waals surface area contributed by atoms with Gasteiger partial charge in [0.1, 0.15) is 11.3 Å². The van der Waals surface area contributed by atoms with Crippen LogP contribution in [0.4, 0.5) is 0 Å². The molecule has 0 aliphatic carbocycles. The molecule has 0 saturated carbocycles. The van der Waals surface area contributed by atoms with Crippen molar-refractivity contribution in [2.24, 2.45) is 5.92 Å². The molecule has 0 amide bonds. The monoisotopic (exact) mass is 430 g/mol. The molecule has 2 heterocycles. The minimum atomic E-state index is -3.61. The summed E-state index contributed by atoms with van der Waals surface area (Å²) in [7, 11) is -0.378. The molecular formula is C22H30N4O3S. The Bertz CT molecular complexity index is 1090. The molecule has 0 bridgehead atoms. The molecule has 8 heteroatoms. The van der Waals surface area contributed by atoms with Gasteiger partial charge in [-0.1, -0.05) is 32.4 Å². The summed E-state index contributed by atoms with van der Waals surface area (Å²) >= 11 is 0. The minimum Gasteiger partial charge on any atom is -0.383 e. The van der Waals surface area contributed by atoms with Crippen LogP contribution in [0.15, 0.2) is 47.6 Å². The zero-order valence-electron chi connectivity index (χ0n) is 18.2. The van der Waals surface area contributed by atoms with E-state index in [0.29, 0.717) is 13.2 Å². The lowest BCUT2D eigenvalue weighted by atomic mass is 10.0. The quantitative estimate of drug-likeness (QED) is 0.519. The summed E-state index contributed by atoms with van der Waals surface area (Å²) in [5.74, 6) is 1.08. The number of pyridine rings is 1. The number of aryl methyl sites for hydroxylation is 1. The molecule has 30 heavy (non-hydrogen) atoms. The highest BCUT2D eigenvalue weighted by Gasteiger charge is 2.31. The first-order valence-corrected chi connectivity index (χ1v) is 11.6. The third kappa shape index (κ3) is 4.40. The molecule has 162 valence electrons. The van der Waals surface area contributed by atoms with Crippen LogP contribution < -0.4 is 0 Å². The van der Waals surface area contributed by atoms with Gasteiger partial charge in [-0.05, 0) is 36.6 Å². The standard InChI is InChI=1S/C22H30N4O3S/c1-6-16(2)22(15-29-5)25(4)30(27,28)19-9-7-18(8-10-19)14-26-17(3)24-20-13-23-12-11-21(20)26/h7-13,16,22H,6,14-15H2,1-5H3. The molecule has 2 atom stereocenters. The minimum absolute atomic E-state index is 0.191. The van der Waals surface area contributed by atoms with Crippen molar-refractivity contribution in [3.05, 3.63) is 54.1 Å². The normalized spacial score (nSPS) is 14.3. The molecule has 7 nitrogen and oxygen atoms in total. The highest BCUT2D eigenvalue weighted by atomic mass is 32.2. The van der Waals surface area contributed by atoms with E-state index in [1.54, 1.807) is 38.7 Å². The second kappa shape index (κ2) is 9.24. The van der Waals surface area contributed by atoms with Crippen molar-refractivity contribution in [2.75, 3.05) is 20.8 Å². The maximum absolute atomic E-state index is 13.2. The molecule has 0 aliphatic heterocycles. The van der Waals surface area contributed by atoms with Crippen molar-refractivity contribution < 1.29 is 13.2 Å². The van der Waals surface area contributed by atoms with Crippen LogP contribution in [0.1, 0.15) is 31.7 Å². The molecule has 2 aromatic heterocycles. The van der Waals surface area contributed by atoms with Crippen molar-refractivity contribution in [2.45, 2.75) is 44.7 Å². The Morgan fingerprint density at radius 3 is 2.53 bits per heavy atom. The number of benzene rings is 1. The summed E-state index contributed by atoms with van der Waals surface area (Å²) in [6.07, 6.45) is 4.37. The van der Waals surface area contributed by atoms with E-state index in [1.807, 2.05) is 32.0 Å². The Labute approximate surface area is 178 Å². The second-order valence-corrected chi connectivity index (χ2v) is 9.68. The topological polar surface area (TPSA) is 77.3 Å². The SMILES string of the molecule is CCC(C)C(COC)N(C)S(=O)(=O)c1ccc(Cn2c(C)nc3cnccc32)cc1. The maximum atomic E-state index is 13.2. The summed E-state index contributed by atoms with van der Waals surface area (Å²) in [6.45, 7) is 7.04. The van der Waals surface area contributed by atoms with Gasteiger partial charge in [0.05, 0.1) is 29.3 Å². The first-order chi connectivity index (χ1) is 14.3. The maximum Gasteiger partial charge on any atom is 0.243 e. The lowest BCUT2D eigenvalue weighted by Gasteiger charge is -2.31. The van der Waals surface area contributed by atoms with Crippen molar-refractivity contribution >= 4 is 21.1 Å². The number of aromatic nitrogens is 3. The van der Waals surface area contributed by atoms with Crippen LogP contribution in [0.5, 0.6) is 0 Å². The lowest BCUT2D eigenvalue weighted by molar-refractivity contribution is 0.112. The molecule has 0 N–H and O–H groups in total. The number of methoxy groups -OCH3 is 1. The van der Waals surface area contributed by atoms with Crippen molar-refractivity contribution in [3.63, 3.8) is 0 Å². The number of ether oxygens (including phenoxy) is 1. The number of hydrogen-bond donors (Lipinski definition) is 0. The molecule has 3 aromatic rings. The van der Waals surface area contributed by atoms with Crippen LogP contribution in [0.2, 0.25) is 0 Å². The number of sulfonamides is 1. The molecule has 0 aliphatic rings. The van der Waals surface area contributed by atoms with Gasteiger partial charge >= 0.3 is 0 Å². The van der Waals surface area contributed by atoms with Gasteiger partial charge < -0.3 is 9.30 Å². The van der Waals surface area contributed by atoms with Gasteiger partial charge in [0.15, 0.2) is 0 Å². The summed E-state index contributed by atoms with van der Waals surface area (Å²) in [5.41, 5.74) is 2.87. The van der Waals surface area contributed by atoms with Gasteiger partial charge in [0.25, 0.3) is 0 Å². The van der Waals surface area contributed by atoms with E-state index >= 15 is 0 Å². The molecule has 1 aromatic carbocycles. The van der Waals surface area contributed by atoms with E-state index in [1.165, 1.54) is 4.31 Å². The lowest BCUT2D eigenvalue weighted by Crippen LogP contribution is -2.43. The van der Waals surface area contributed by atoms with Crippen molar-refractivity contribution in [1.82, 2.24) is 18.8 Å². The van der Waals surface area contributed by atoms with Crippen LogP contribution in [0, 0.1) is 12.8 Å². The molecule has 0 radical (unpaired) electrons. The Hall–Kier alpha value is -2.29. The van der Waals surface area contributed by atoms with E-state index in [2.05, 4.69) is 21.5 Å². The third-order valence-electron chi connectivity index (χ3n) is 5.79. The second-order valence-electron chi connectivity index (χ2n) is 7.68. The Morgan fingerprint density at radius 2 is 1.90 bits per heavy atom. The van der Waals surface area contributed by atoms with Crippen LogP contribution in [-0.4, -0.2) is 54.1 Å². The van der Waals surface area contributed by atoms with Crippen LogP contribution >= 0.6 is 0 Å². The van der Waals surface area contributed by atoms with Gasteiger partial charge in [-0.3, -0.25) is 4.98 Å². The third-order valence-corrected chi connectivity index (χ3v) is 7.68. The molecule has 0 fully saturated rings.